The molecule has 0 N–H and O–H groups in total. The number of hydrogen-bond acceptors (Lipinski definition) is 6. The molecule has 144 valence electrons. The highest BCUT2D eigenvalue weighted by atomic mass is 31.2. The number of benzene rings is 2. The Morgan fingerprint density at radius 2 is 1.59 bits per heavy atom. The van der Waals surface area contributed by atoms with Crippen molar-refractivity contribution in [3.8, 4) is 0 Å². The average Bonchev–Trinajstić information content (AvgIpc) is 3.06. The SMILES string of the molecule is COP(=O)(CC(=O)[C@H]1[C@H](C)ON(c2ccccc2)[C@H]1c1ccccc1)OC. The van der Waals surface area contributed by atoms with Crippen molar-refractivity contribution in [1.82, 2.24) is 0 Å². The molecule has 0 aromatic heterocycles. The molecule has 2 aromatic rings. The number of anilines is 1. The van der Waals surface area contributed by atoms with Crippen molar-refractivity contribution in [2.24, 2.45) is 5.92 Å². The van der Waals surface area contributed by atoms with Crippen LogP contribution in [0.4, 0.5) is 5.69 Å². The second kappa shape index (κ2) is 8.36. The normalized spacial score (nSPS) is 22.8. The maximum atomic E-state index is 13.1. The van der Waals surface area contributed by atoms with E-state index in [0.29, 0.717) is 0 Å². The van der Waals surface area contributed by atoms with E-state index in [4.69, 9.17) is 13.9 Å². The minimum atomic E-state index is -3.45. The first-order chi connectivity index (χ1) is 13.0. The van der Waals surface area contributed by atoms with Crippen LogP contribution in [0.5, 0.6) is 0 Å². The topological polar surface area (TPSA) is 65.1 Å². The maximum absolute atomic E-state index is 13.1. The Labute approximate surface area is 159 Å². The lowest BCUT2D eigenvalue weighted by Gasteiger charge is -2.27. The average molecular weight is 389 g/mol. The number of para-hydroxylation sites is 1. The Morgan fingerprint density at radius 1 is 1.04 bits per heavy atom. The largest absolute Gasteiger partial charge is 0.337 e. The van der Waals surface area contributed by atoms with Crippen molar-refractivity contribution >= 4 is 19.1 Å². The molecule has 2 aromatic carbocycles. The van der Waals surface area contributed by atoms with Gasteiger partial charge in [-0.25, -0.2) is 5.06 Å². The second-order valence-electron chi connectivity index (χ2n) is 6.45. The van der Waals surface area contributed by atoms with Crippen LogP contribution in [0.1, 0.15) is 18.5 Å². The molecular formula is C20H24NO5P. The van der Waals surface area contributed by atoms with Crippen molar-refractivity contribution in [3.63, 3.8) is 0 Å². The lowest BCUT2D eigenvalue weighted by atomic mass is 9.87. The van der Waals surface area contributed by atoms with Gasteiger partial charge in [-0.1, -0.05) is 48.5 Å². The highest BCUT2D eigenvalue weighted by Crippen LogP contribution is 2.49. The predicted molar refractivity (Wildman–Crippen MR) is 104 cm³/mol. The molecule has 0 saturated carbocycles. The van der Waals surface area contributed by atoms with Gasteiger partial charge in [-0.15, -0.1) is 0 Å². The number of ketones is 1. The molecule has 1 aliphatic heterocycles. The first-order valence-corrected chi connectivity index (χ1v) is 10.5. The van der Waals surface area contributed by atoms with Gasteiger partial charge < -0.3 is 9.05 Å². The summed E-state index contributed by atoms with van der Waals surface area (Å²) in [5.74, 6) is -0.715. The fraction of sp³-hybridized carbons (Fsp3) is 0.350. The van der Waals surface area contributed by atoms with Crippen molar-refractivity contribution in [2.75, 3.05) is 25.4 Å². The molecular weight excluding hydrogens is 365 g/mol. The fourth-order valence-corrected chi connectivity index (χ4v) is 4.44. The third-order valence-corrected chi connectivity index (χ3v) is 6.62. The molecule has 0 unspecified atom stereocenters. The van der Waals surface area contributed by atoms with Gasteiger partial charge in [0, 0.05) is 14.2 Å². The summed E-state index contributed by atoms with van der Waals surface area (Å²) in [7, 11) is -0.872. The van der Waals surface area contributed by atoms with E-state index in [0.717, 1.165) is 11.3 Å². The summed E-state index contributed by atoms with van der Waals surface area (Å²) >= 11 is 0. The zero-order valence-electron chi connectivity index (χ0n) is 15.6. The predicted octanol–water partition coefficient (Wildman–Crippen LogP) is 4.24. The first kappa shape index (κ1) is 19.8. The van der Waals surface area contributed by atoms with Gasteiger partial charge in [0.25, 0.3) is 0 Å². The Hall–Kier alpha value is -1.98. The number of Topliss-reactive ketones (excluding diaryl/α,β-unsaturated/α-hetero) is 1. The summed E-state index contributed by atoms with van der Waals surface area (Å²) in [6.07, 6.45) is -0.672. The first-order valence-electron chi connectivity index (χ1n) is 8.78. The number of hydroxylamine groups is 1. The summed E-state index contributed by atoms with van der Waals surface area (Å²) < 4.78 is 22.4. The molecule has 0 amide bonds. The van der Waals surface area contributed by atoms with Gasteiger partial charge in [-0.3, -0.25) is 14.2 Å². The highest BCUT2D eigenvalue weighted by molar-refractivity contribution is 7.54. The molecule has 27 heavy (non-hydrogen) atoms. The van der Waals surface area contributed by atoms with Crippen LogP contribution < -0.4 is 5.06 Å². The van der Waals surface area contributed by atoms with E-state index < -0.39 is 13.5 Å². The summed E-state index contributed by atoms with van der Waals surface area (Å²) in [6, 6.07) is 19.0. The third kappa shape index (κ3) is 4.14. The van der Waals surface area contributed by atoms with Crippen molar-refractivity contribution in [3.05, 3.63) is 66.2 Å². The molecule has 1 saturated heterocycles. The molecule has 1 aliphatic rings. The molecule has 0 radical (unpaired) electrons. The van der Waals surface area contributed by atoms with Gasteiger partial charge in [-0.2, -0.15) is 0 Å². The third-order valence-electron chi connectivity index (χ3n) is 4.81. The molecule has 0 aliphatic carbocycles. The van der Waals surface area contributed by atoms with Crippen LogP contribution in [-0.4, -0.2) is 32.3 Å². The van der Waals surface area contributed by atoms with Crippen LogP contribution in [0.25, 0.3) is 0 Å². The van der Waals surface area contributed by atoms with Crippen LogP contribution in [0, 0.1) is 5.92 Å². The summed E-state index contributed by atoms with van der Waals surface area (Å²) in [4.78, 5) is 19.2. The smallest absolute Gasteiger partial charge is 0.312 e. The molecule has 1 heterocycles. The number of carbonyl (C=O) groups is 1. The van der Waals surface area contributed by atoms with Gasteiger partial charge in [-0.05, 0) is 24.6 Å². The van der Waals surface area contributed by atoms with Crippen molar-refractivity contribution in [1.29, 1.82) is 0 Å². The van der Waals surface area contributed by atoms with E-state index in [-0.39, 0.29) is 24.1 Å². The van der Waals surface area contributed by atoms with Crippen LogP contribution in [0.2, 0.25) is 0 Å². The van der Waals surface area contributed by atoms with Gasteiger partial charge in [0.1, 0.15) is 6.16 Å². The molecule has 3 rings (SSSR count). The van der Waals surface area contributed by atoms with Gasteiger partial charge in [0.15, 0.2) is 5.78 Å². The van der Waals surface area contributed by atoms with Crippen LogP contribution in [0.15, 0.2) is 60.7 Å². The Kier molecular flexibility index (Phi) is 6.12. The summed E-state index contributed by atoms with van der Waals surface area (Å²) in [5, 5.41) is 1.77. The van der Waals surface area contributed by atoms with Crippen molar-refractivity contribution < 1.29 is 23.2 Å². The van der Waals surface area contributed by atoms with E-state index in [2.05, 4.69) is 0 Å². The second-order valence-corrected chi connectivity index (χ2v) is 8.72. The zero-order valence-corrected chi connectivity index (χ0v) is 16.5. The number of carbonyl (C=O) groups excluding carboxylic acids is 1. The standard InChI is InChI=1S/C20H24NO5P/c1-15-19(18(22)14-27(23,24-2)25-3)20(16-10-6-4-7-11-16)21(26-15)17-12-8-5-9-13-17/h4-13,15,19-20H,14H2,1-3H3/t15-,19+,20-/m0/s1. The molecule has 1 fully saturated rings. The molecule has 7 heteroatoms. The molecule has 3 atom stereocenters. The maximum Gasteiger partial charge on any atom is 0.337 e. The minimum absolute atomic E-state index is 0.207. The van der Waals surface area contributed by atoms with E-state index >= 15 is 0 Å². The van der Waals surface area contributed by atoms with Crippen molar-refractivity contribution in [2.45, 2.75) is 19.1 Å². The van der Waals surface area contributed by atoms with E-state index in [9.17, 15) is 9.36 Å². The number of rotatable bonds is 7. The lowest BCUT2D eigenvalue weighted by Crippen LogP contribution is -2.31. The number of hydrogen-bond donors (Lipinski definition) is 0. The lowest BCUT2D eigenvalue weighted by molar-refractivity contribution is -0.122. The minimum Gasteiger partial charge on any atom is -0.312 e. The van der Waals surface area contributed by atoms with Crippen LogP contribution in [-0.2, 0) is 23.2 Å². The quantitative estimate of drug-likeness (QED) is 0.660. The Bertz CT molecular complexity index is 806. The Balaban J connectivity index is 1.98. The van der Waals surface area contributed by atoms with Crippen LogP contribution in [0.3, 0.4) is 0 Å². The van der Waals surface area contributed by atoms with E-state index in [1.807, 2.05) is 67.6 Å². The van der Waals surface area contributed by atoms with Gasteiger partial charge in [0.2, 0.25) is 0 Å². The summed E-state index contributed by atoms with van der Waals surface area (Å²) in [6.45, 7) is 1.85. The zero-order chi connectivity index (χ0) is 19.4. The van der Waals surface area contributed by atoms with E-state index in [1.165, 1.54) is 14.2 Å². The molecule has 6 nitrogen and oxygen atoms in total. The molecule has 0 spiro atoms. The Morgan fingerprint density at radius 3 is 2.15 bits per heavy atom. The van der Waals surface area contributed by atoms with Crippen LogP contribution >= 0.6 is 7.60 Å². The summed E-state index contributed by atoms with van der Waals surface area (Å²) in [5.41, 5.74) is 1.81. The monoisotopic (exact) mass is 389 g/mol. The fourth-order valence-electron chi connectivity index (χ4n) is 3.44. The number of nitrogens with zero attached hydrogens (tertiary/aromatic N) is 1. The van der Waals surface area contributed by atoms with E-state index in [1.54, 1.807) is 5.06 Å². The van der Waals surface area contributed by atoms with Gasteiger partial charge >= 0.3 is 7.60 Å². The molecule has 0 bridgehead atoms. The highest BCUT2D eigenvalue weighted by Gasteiger charge is 2.47. The van der Waals surface area contributed by atoms with Gasteiger partial charge in [0.05, 0.1) is 23.8 Å².